The van der Waals surface area contributed by atoms with Crippen LogP contribution >= 0.6 is 15.9 Å². The second-order valence-electron chi connectivity index (χ2n) is 5.72. The first kappa shape index (κ1) is 15.8. The van der Waals surface area contributed by atoms with Crippen LogP contribution in [0.25, 0.3) is 0 Å². The summed E-state index contributed by atoms with van der Waals surface area (Å²) in [5.74, 6) is 2.06. The number of para-hydroxylation sites is 1. The van der Waals surface area contributed by atoms with E-state index in [9.17, 15) is 0 Å². The number of halogens is 1. The summed E-state index contributed by atoms with van der Waals surface area (Å²) in [6.07, 6.45) is 1.50. The van der Waals surface area contributed by atoms with Crippen LogP contribution in [0.15, 0.2) is 35.1 Å². The smallest absolute Gasteiger partial charge is 0.238 e. The molecule has 0 saturated heterocycles. The van der Waals surface area contributed by atoms with Gasteiger partial charge in [-0.15, -0.1) is 0 Å². The molecular weight excluding hydrogens is 330 g/mol. The van der Waals surface area contributed by atoms with Crippen molar-refractivity contribution in [1.82, 2.24) is 9.97 Å². The van der Waals surface area contributed by atoms with Crippen molar-refractivity contribution in [3.8, 4) is 11.6 Å². The van der Waals surface area contributed by atoms with E-state index in [-0.39, 0.29) is 5.41 Å². The number of rotatable bonds is 4. The number of nitrogens with zero attached hydrogens (tertiary/aromatic N) is 2. The predicted octanol–water partition coefficient (Wildman–Crippen LogP) is 4.76. The number of anilines is 1. The van der Waals surface area contributed by atoms with Gasteiger partial charge in [-0.25, -0.2) is 9.97 Å². The number of benzene rings is 1. The Morgan fingerprint density at radius 1 is 1.19 bits per heavy atom. The maximum atomic E-state index is 6.02. The normalized spacial score (nSPS) is 11.3. The first-order chi connectivity index (χ1) is 9.93. The molecule has 0 radical (unpaired) electrons. The zero-order chi connectivity index (χ0) is 15.5. The molecule has 0 fully saturated rings. The van der Waals surface area contributed by atoms with E-state index in [1.807, 2.05) is 25.1 Å². The molecule has 0 aliphatic carbocycles. The molecule has 0 bridgehead atoms. The van der Waals surface area contributed by atoms with Crippen molar-refractivity contribution in [3.05, 3.63) is 40.6 Å². The molecule has 0 spiro atoms. The molecule has 0 amide bonds. The quantitative estimate of drug-likeness (QED) is 0.864. The van der Waals surface area contributed by atoms with Gasteiger partial charge in [0, 0.05) is 12.1 Å². The third-order valence-electron chi connectivity index (χ3n) is 3.00. The van der Waals surface area contributed by atoms with Crippen LogP contribution in [0.1, 0.15) is 33.3 Å². The molecule has 0 aliphatic heterocycles. The summed E-state index contributed by atoms with van der Waals surface area (Å²) in [5, 5.41) is 3.17. The molecule has 2 rings (SSSR count). The lowest BCUT2D eigenvalue weighted by atomic mass is 9.86. The van der Waals surface area contributed by atoms with Gasteiger partial charge >= 0.3 is 0 Å². The third kappa shape index (κ3) is 3.73. The van der Waals surface area contributed by atoms with Crippen molar-refractivity contribution in [2.24, 2.45) is 0 Å². The molecule has 2 aromatic rings. The molecule has 0 atom stereocenters. The largest absolute Gasteiger partial charge is 0.437 e. The lowest BCUT2D eigenvalue weighted by Gasteiger charge is -2.22. The fourth-order valence-corrected chi connectivity index (χ4v) is 2.42. The maximum absolute atomic E-state index is 6.02. The van der Waals surface area contributed by atoms with Crippen molar-refractivity contribution in [2.75, 3.05) is 11.9 Å². The van der Waals surface area contributed by atoms with E-state index in [0.717, 1.165) is 28.1 Å². The van der Waals surface area contributed by atoms with Crippen LogP contribution in [-0.4, -0.2) is 16.5 Å². The fourth-order valence-electron chi connectivity index (χ4n) is 1.99. The first-order valence-electron chi connectivity index (χ1n) is 6.95. The van der Waals surface area contributed by atoms with Crippen molar-refractivity contribution in [3.63, 3.8) is 0 Å². The second kappa shape index (κ2) is 6.43. The van der Waals surface area contributed by atoms with Gasteiger partial charge in [0.05, 0.1) is 0 Å². The van der Waals surface area contributed by atoms with Crippen LogP contribution in [0.4, 0.5) is 5.82 Å². The standard InChI is InChI=1S/C16H20BrN3O/c1-5-18-14-13(17)15(20-10-19-14)21-12-9-7-6-8-11(12)16(2,3)4/h6-10H,5H2,1-4H3,(H,18,19,20). The topological polar surface area (TPSA) is 47.0 Å². The van der Waals surface area contributed by atoms with Crippen LogP contribution < -0.4 is 10.1 Å². The van der Waals surface area contributed by atoms with Gasteiger partial charge in [0.1, 0.15) is 22.4 Å². The van der Waals surface area contributed by atoms with Crippen LogP contribution in [0.3, 0.4) is 0 Å². The van der Waals surface area contributed by atoms with Crippen molar-refractivity contribution in [2.45, 2.75) is 33.1 Å². The zero-order valence-electron chi connectivity index (χ0n) is 12.8. The molecule has 4 nitrogen and oxygen atoms in total. The molecule has 0 unspecified atom stereocenters. The Hall–Kier alpha value is -1.62. The molecule has 5 heteroatoms. The highest BCUT2D eigenvalue weighted by molar-refractivity contribution is 9.10. The third-order valence-corrected chi connectivity index (χ3v) is 3.72. The van der Waals surface area contributed by atoms with E-state index in [1.165, 1.54) is 6.33 Å². The van der Waals surface area contributed by atoms with Gasteiger partial charge in [0.25, 0.3) is 0 Å². The van der Waals surface area contributed by atoms with Crippen molar-refractivity contribution >= 4 is 21.7 Å². The Morgan fingerprint density at radius 3 is 2.57 bits per heavy atom. The summed E-state index contributed by atoms with van der Waals surface area (Å²) in [4.78, 5) is 8.41. The number of hydrogen-bond donors (Lipinski definition) is 1. The monoisotopic (exact) mass is 349 g/mol. The average Bonchev–Trinajstić information content (AvgIpc) is 2.43. The number of aromatic nitrogens is 2. The lowest BCUT2D eigenvalue weighted by molar-refractivity contribution is 0.436. The minimum Gasteiger partial charge on any atom is -0.437 e. The van der Waals surface area contributed by atoms with Gasteiger partial charge in [-0.05, 0) is 34.3 Å². The number of ether oxygens (including phenoxy) is 1. The second-order valence-corrected chi connectivity index (χ2v) is 6.51. The maximum Gasteiger partial charge on any atom is 0.238 e. The summed E-state index contributed by atoms with van der Waals surface area (Å²) < 4.78 is 6.75. The minimum absolute atomic E-state index is 0.000594. The van der Waals surface area contributed by atoms with E-state index in [2.05, 4.69) is 58.1 Å². The molecule has 1 aromatic heterocycles. The molecule has 0 aliphatic rings. The molecule has 112 valence electrons. The van der Waals surface area contributed by atoms with E-state index in [1.54, 1.807) is 0 Å². The summed E-state index contributed by atoms with van der Waals surface area (Å²) in [6, 6.07) is 8.02. The summed E-state index contributed by atoms with van der Waals surface area (Å²) in [6.45, 7) is 9.29. The van der Waals surface area contributed by atoms with Gasteiger partial charge < -0.3 is 10.1 Å². The number of nitrogens with one attached hydrogen (secondary N) is 1. The molecule has 1 N–H and O–H groups in total. The van der Waals surface area contributed by atoms with E-state index in [4.69, 9.17) is 4.74 Å². The van der Waals surface area contributed by atoms with Crippen molar-refractivity contribution < 1.29 is 4.74 Å². The first-order valence-corrected chi connectivity index (χ1v) is 7.74. The van der Waals surface area contributed by atoms with Crippen LogP contribution in [0, 0.1) is 0 Å². The number of hydrogen-bond acceptors (Lipinski definition) is 4. The fraction of sp³-hybridized carbons (Fsp3) is 0.375. The molecule has 1 heterocycles. The summed E-state index contributed by atoms with van der Waals surface area (Å²) in [5.41, 5.74) is 1.14. The van der Waals surface area contributed by atoms with E-state index < -0.39 is 0 Å². The van der Waals surface area contributed by atoms with Gasteiger partial charge in [-0.1, -0.05) is 39.0 Å². The highest BCUT2D eigenvalue weighted by atomic mass is 79.9. The Morgan fingerprint density at radius 2 is 1.90 bits per heavy atom. The van der Waals surface area contributed by atoms with Crippen LogP contribution in [0.2, 0.25) is 0 Å². The molecular formula is C16H20BrN3O. The Bertz CT molecular complexity index is 623. The highest BCUT2D eigenvalue weighted by Gasteiger charge is 2.20. The summed E-state index contributed by atoms with van der Waals surface area (Å²) >= 11 is 3.50. The Labute approximate surface area is 134 Å². The molecule has 1 aromatic carbocycles. The van der Waals surface area contributed by atoms with Gasteiger partial charge in [0.15, 0.2) is 0 Å². The lowest BCUT2D eigenvalue weighted by Crippen LogP contribution is -2.12. The predicted molar refractivity (Wildman–Crippen MR) is 89.1 cm³/mol. The van der Waals surface area contributed by atoms with Crippen LogP contribution in [-0.2, 0) is 5.41 Å². The molecule has 0 saturated carbocycles. The SMILES string of the molecule is CCNc1ncnc(Oc2ccccc2C(C)(C)C)c1Br. The van der Waals surface area contributed by atoms with Crippen LogP contribution in [0.5, 0.6) is 11.6 Å². The molecule has 21 heavy (non-hydrogen) atoms. The van der Waals surface area contributed by atoms with E-state index >= 15 is 0 Å². The minimum atomic E-state index is 0.000594. The Balaban J connectivity index is 2.38. The highest BCUT2D eigenvalue weighted by Crippen LogP contribution is 2.37. The average molecular weight is 350 g/mol. The van der Waals surface area contributed by atoms with Gasteiger partial charge in [-0.3, -0.25) is 0 Å². The van der Waals surface area contributed by atoms with Gasteiger partial charge in [-0.2, -0.15) is 0 Å². The summed E-state index contributed by atoms with van der Waals surface area (Å²) in [7, 11) is 0. The van der Waals surface area contributed by atoms with Gasteiger partial charge in [0.2, 0.25) is 5.88 Å². The Kier molecular flexibility index (Phi) is 4.83. The van der Waals surface area contributed by atoms with E-state index in [0.29, 0.717) is 5.88 Å². The van der Waals surface area contributed by atoms with Crippen molar-refractivity contribution in [1.29, 1.82) is 0 Å². The zero-order valence-corrected chi connectivity index (χ0v) is 14.4.